The largest absolute Gasteiger partial charge is 0.393 e. The number of rotatable bonds is 3. The van der Waals surface area contributed by atoms with Crippen LogP contribution in [0.3, 0.4) is 0 Å². The summed E-state index contributed by atoms with van der Waals surface area (Å²) in [5.74, 6) is 1.49. The van der Waals surface area contributed by atoms with Crippen LogP contribution in [-0.2, 0) is 5.41 Å². The molecule has 1 aromatic heterocycles. The van der Waals surface area contributed by atoms with Crippen LogP contribution in [0.2, 0.25) is 5.02 Å². The number of aromatic nitrogens is 2. The first-order valence-electron chi connectivity index (χ1n) is 12.8. The monoisotopic (exact) mass is 492 g/mol. The Morgan fingerprint density at radius 1 is 1.06 bits per heavy atom. The van der Waals surface area contributed by atoms with Gasteiger partial charge < -0.3 is 10.0 Å². The third-order valence-corrected chi connectivity index (χ3v) is 8.71. The van der Waals surface area contributed by atoms with Crippen molar-refractivity contribution >= 4 is 28.2 Å². The molecule has 6 rings (SSSR count). The normalized spacial score (nSPS) is 23.9. The van der Waals surface area contributed by atoms with E-state index < -0.39 is 0 Å². The molecule has 0 atom stereocenters. The van der Waals surface area contributed by atoms with Crippen molar-refractivity contribution in [1.82, 2.24) is 14.5 Å². The van der Waals surface area contributed by atoms with Crippen molar-refractivity contribution in [1.29, 1.82) is 0 Å². The zero-order chi connectivity index (χ0) is 24.3. The molecule has 3 aromatic rings. The first-order valence-corrected chi connectivity index (χ1v) is 13.2. The van der Waals surface area contributed by atoms with Crippen LogP contribution in [0.25, 0.3) is 16.6 Å². The van der Waals surface area contributed by atoms with E-state index in [9.17, 15) is 9.90 Å². The highest BCUT2D eigenvalue weighted by Crippen LogP contribution is 2.44. The van der Waals surface area contributed by atoms with Crippen LogP contribution >= 0.6 is 11.6 Å². The lowest BCUT2D eigenvalue weighted by atomic mass is 9.85. The number of nitrogens with zero attached hydrogens (tertiary/aromatic N) is 4. The Morgan fingerprint density at radius 3 is 2.54 bits per heavy atom. The van der Waals surface area contributed by atoms with Crippen molar-refractivity contribution in [3.63, 3.8) is 0 Å². The molecule has 1 saturated carbocycles. The lowest BCUT2D eigenvalue weighted by molar-refractivity contribution is 0.0926. The molecule has 1 N–H and O–H groups in total. The van der Waals surface area contributed by atoms with Gasteiger partial charge in [-0.2, -0.15) is 4.98 Å². The second-order valence-corrected chi connectivity index (χ2v) is 11.4. The van der Waals surface area contributed by atoms with E-state index in [4.69, 9.17) is 11.6 Å². The summed E-state index contributed by atoms with van der Waals surface area (Å²) in [7, 11) is 0. The summed E-state index contributed by atoms with van der Waals surface area (Å²) in [5, 5.41) is 10.7. The maximum Gasteiger partial charge on any atom is 0.282 e. The third-order valence-electron chi connectivity index (χ3n) is 8.39. The van der Waals surface area contributed by atoms with Crippen LogP contribution in [0.1, 0.15) is 50.9 Å². The van der Waals surface area contributed by atoms with Gasteiger partial charge >= 0.3 is 0 Å². The molecule has 0 radical (unpaired) electrons. The number of aliphatic hydroxyl groups excluding tert-OH is 1. The average molecular weight is 493 g/mol. The molecular weight excluding hydrogens is 460 g/mol. The Bertz CT molecular complexity index is 1330. The van der Waals surface area contributed by atoms with Crippen LogP contribution in [-0.4, -0.2) is 58.4 Å². The fourth-order valence-corrected chi connectivity index (χ4v) is 6.57. The van der Waals surface area contributed by atoms with Gasteiger partial charge in [-0.1, -0.05) is 23.7 Å². The fourth-order valence-electron chi connectivity index (χ4n) is 6.32. The van der Waals surface area contributed by atoms with E-state index >= 15 is 0 Å². The first-order chi connectivity index (χ1) is 16.8. The number of anilines is 1. The number of hydrogen-bond donors (Lipinski definition) is 1. The fraction of sp³-hybridized carbons (Fsp3) is 0.500. The molecular formula is C28H33ClN4O2. The average Bonchev–Trinajstić information content (AvgIpc) is 3.07. The molecule has 1 aliphatic carbocycles. The van der Waals surface area contributed by atoms with Crippen molar-refractivity contribution in [2.45, 2.75) is 51.0 Å². The van der Waals surface area contributed by atoms with Crippen LogP contribution in [0.4, 0.5) is 5.69 Å². The van der Waals surface area contributed by atoms with Crippen molar-refractivity contribution in [2.75, 3.05) is 37.6 Å². The summed E-state index contributed by atoms with van der Waals surface area (Å²) in [6.07, 6.45) is 4.13. The minimum atomic E-state index is -0.365. The summed E-state index contributed by atoms with van der Waals surface area (Å²) in [4.78, 5) is 22.4. The van der Waals surface area contributed by atoms with Gasteiger partial charge in [-0.25, -0.2) is 0 Å². The van der Waals surface area contributed by atoms with Crippen molar-refractivity contribution in [3.05, 3.63) is 63.2 Å². The van der Waals surface area contributed by atoms with Gasteiger partial charge in [0.2, 0.25) is 0 Å². The summed E-state index contributed by atoms with van der Waals surface area (Å²) in [6.45, 7) is 9.54. The molecule has 2 aromatic carbocycles. The van der Waals surface area contributed by atoms with E-state index in [-0.39, 0.29) is 17.1 Å². The Balaban J connectivity index is 1.28. The molecule has 2 aliphatic heterocycles. The smallest absolute Gasteiger partial charge is 0.282 e. The number of benzene rings is 2. The highest BCUT2D eigenvalue weighted by atomic mass is 35.5. The topological polar surface area (TPSA) is 61.6 Å². The Labute approximate surface area is 211 Å². The number of fused-ring (bicyclic) bond motifs is 5. The minimum absolute atomic E-state index is 0.0838. The van der Waals surface area contributed by atoms with E-state index in [1.807, 2.05) is 12.1 Å². The molecule has 7 heteroatoms. The van der Waals surface area contributed by atoms with E-state index in [2.05, 4.69) is 51.4 Å². The highest BCUT2D eigenvalue weighted by molar-refractivity contribution is 6.35. The number of aliphatic hydroxyl groups is 1. The molecule has 3 aliphatic rings. The molecule has 6 nitrogen and oxygen atoms in total. The zero-order valence-electron chi connectivity index (χ0n) is 20.5. The maximum absolute atomic E-state index is 12.9. The third kappa shape index (κ3) is 3.87. The molecule has 0 bridgehead atoms. The van der Waals surface area contributed by atoms with Gasteiger partial charge in [0, 0.05) is 38.4 Å². The zero-order valence-corrected chi connectivity index (χ0v) is 21.3. The Kier molecular flexibility index (Phi) is 5.66. The number of halogens is 1. The summed E-state index contributed by atoms with van der Waals surface area (Å²) in [5.41, 5.74) is 3.67. The Hall–Kier alpha value is -2.41. The maximum atomic E-state index is 12.9. The van der Waals surface area contributed by atoms with Crippen molar-refractivity contribution in [3.8, 4) is 5.69 Å². The molecule has 184 valence electrons. The van der Waals surface area contributed by atoms with Crippen LogP contribution in [0.5, 0.6) is 0 Å². The standard InChI is InChI=1S/C28H33ClN4O2/c1-28(2)21-11-8-19(32-14-12-31(13-15-32)17-18-6-9-20(34)10-7-18)16-24(21)33-23-5-3-4-22(29)25(23)26(35)30-27(28)33/h3-5,8,11,16,18,20,34H,6-7,9-10,12-15,17H2,1-2H3. The predicted molar refractivity (Wildman–Crippen MR) is 141 cm³/mol. The predicted octanol–water partition coefficient (Wildman–Crippen LogP) is 4.35. The summed E-state index contributed by atoms with van der Waals surface area (Å²) in [6, 6.07) is 12.3. The van der Waals surface area contributed by atoms with Crippen molar-refractivity contribution < 1.29 is 5.11 Å². The first kappa shape index (κ1) is 23.0. The van der Waals surface area contributed by atoms with Gasteiger partial charge in [-0.3, -0.25) is 14.3 Å². The molecule has 0 amide bonds. The van der Waals surface area contributed by atoms with E-state index in [1.54, 1.807) is 6.07 Å². The second kappa shape index (κ2) is 8.61. The SMILES string of the molecule is CC1(C)c2ccc(N3CCN(CC4CCC(O)CC4)CC3)cc2-n2c1nc(=O)c1c(Cl)cccc12. The second-order valence-electron chi connectivity index (χ2n) is 11.0. The van der Waals surface area contributed by atoms with Gasteiger partial charge in [-0.15, -0.1) is 0 Å². The van der Waals surface area contributed by atoms with Crippen LogP contribution in [0.15, 0.2) is 41.2 Å². The summed E-state index contributed by atoms with van der Waals surface area (Å²) < 4.78 is 2.13. The number of piperazine rings is 1. The molecule has 3 heterocycles. The van der Waals surface area contributed by atoms with Gasteiger partial charge in [-0.05, 0) is 75.3 Å². The molecule has 35 heavy (non-hydrogen) atoms. The minimum Gasteiger partial charge on any atom is -0.393 e. The van der Waals surface area contributed by atoms with Crippen LogP contribution in [0, 0.1) is 5.92 Å². The summed E-state index contributed by atoms with van der Waals surface area (Å²) >= 11 is 6.43. The number of hydrogen-bond acceptors (Lipinski definition) is 5. The Morgan fingerprint density at radius 2 is 1.80 bits per heavy atom. The molecule has 2 fully saturated rings. The highest BCUT2D eigenvalue weighted by Gasteiger charge is 2.39. The van der Waals surface area contributed by atoms with E-state index in [0.717, 1.165) is 81.4 Å². The lowest BCUT2D eigenvalue weighted by Gasteiger charge is -2.38. The molecule has 0 spiro atoms. The molecule has 0 unspecified atom stereocenters. The van der Waals surface area contributed by atoms with Gasteiger partial charge in [0.15, 0.2) is 0 Å². The van der Waals surface area contributed by atoms with Crippen molar-refractivity contribution in [2.24, 2.45) is 5.92 Å². The molecule has 1 saturated heterocycles. The lowest BCUT2D eigenvalue weighted by Crippen LogP contribution is -2.48. The van der Waals surface area contributed by atoms with E-state index in [1.165, 1.54) is 11.3 Å². The van der Waals surface area contributed by atoms with Gasteiger partial charge in [0.1, 0.15) is 5.82 Å². The van der Waals surface area contributed by atoms with Gasteiger partial charge in [0.05, 0.1) is 33.1 Å². The van der Waals surface area contributed by atoms with Gasteiger partial charge in [0.25, 0.3) is 5.56 Å². The quantitative estimate of drug-likeness (QED) is 0.589. The van der Waals surface area contributed by atoms with E-state index in [0.29, 0.717) is 10.4 Å². The van der Waals surface area contributed by atoms with Crippen LogP contribution < -0.4 is 10.5 Å².